The van der Waals surface area contributed by atoms with Gasteiger partial charge in [-0.15, -0.1) is 0 Å². The van der Waals surface area contributed by atoms with Gasteiger partial charge in [-0.3, -0.25) is 9.18 Å². The largest absolute Gasteiger partial charge is 0.378 e. The number of carbonyl (C=O) groups excluding carboxylic acids is 1. The molecule has 1 aliphatic rings. The highest BCUT2D eigenvalue weighted by atomic mass is 32.2. The van der Waals surface area contributed by atoms with Crippen molar-refractivity contribution in [3.05, 3.63) is 48.3 Å². The molecule has 3 aromatic heterocycles. The van der Waals surface area contributed by atoms with Crippen LogP contribution in [0.15, 0.2) is 36.8 Å². The maximum Gasteiger partial charge on any atom is 0.252 e. The minimum absolute atomic E-state index is 0.0355. The van der Waals surface area contributed by atoms with Crippen LogP contribution in [0.3, 0.4) is 0 Å². The number of hydrogen-bond donors (Lipinski definition) is 2. The van der Waals surface area contributed by atoms with Crippen molar-refractivity contribution < 1.29 is 22.0 Å². The Morgan fingerprint density at radius 3 is 2.68 bits per heavy atom. The molecule has 0 aliphatic carbocycles. The summed E-state index contributed by atoms with van der Waals surface area (Å²) < 4.78 is 53.3. The zero-order valence-electron chi connectivity index (χ0n) is 16.5. The van der Waals surface area contributed by atoms with E-state index in [0.717, 1.165) is 6.26 Å². The number of nitrogens with two attached hydrogens (primary N) is 1. The third-order valence-electron chi connectivity index (χ3n) is 5.37. The summed E-state index contributed by atoms with van der Waals surface area (Å²) in [4.78, 5) is 15.7. The molecule has 4 heterocycles. The molecule has 0 spiro atoms. The third-order valence-corrected chi connectivity index (χ3v) is 6.60. The second kappa shape index (κ2) is 7.85. The molecule has 0 unspecified atom stereocenters. The maximum atomic E-state index is 13.6. The first kappa shape index (κ1) is 21.1. The van der Waals surface area contributed by atoms with E-state index >= 15 is 0 Å². The number of aromatic nitrogens is 3. The minimum Gasteiger partial charge on any atom is -0.378 e. The number of hydrogen-bond acceptors (Lipinski definition) is 6. The standard InChI is InChI=1S/C19H20F2N6O3S/c1-31(29,30)26-8-13(5-20)15(10-26)25-18-14(19(22)28)7-24-27-9-12(4-16(18)27)11-2-3-17(21)23-6-11/h2-4,6-7,9,13,15,25H,5,8,10H2,1H3,(H2,22,28)/t13-,15+/m0/s1. The molecule has 9 nitrogen and oxygen atoms in total. The first-order valence-corrected chi connectivity index (χ1v) is 11.2. The lowest BCUT2D eigenvalue weighted by molar-refractivity contribution is 0.100. The van der Waals surface area contributed by atoms with Gasteiger partial charge in [0.2, 0.25) is 16.0 Å². The van der Waals surface area contributed by atoms with E-state index in [2.05, 4.69) is 15.4 Å². The topological polar surface area (TPSA) is 123 Å². The smallest absolute Gasteiger partial charge is 0.252 e. The summed E-state index contributed by atoms with van der Waals surface area (Å²) in [5.41, 5.74) is 7.70. The molecular formula is C19H20F2N6O3S. The number of pyridine rings is 1. The molecule has 0 bridgehead atoms. The predicted molar refractivity (Wildman–Crippen MR) is 110 cm³/mol. The molecule has 0 radical (unpaired) electrons. The van der Waals surface area contributed by atoms with Crippen LogP contribution in [0.2, 0.25) is 0 Å². The molecule has 4 rings (SSSR count). The molecule has 1 amide bonds. The Balaban J connectivity index is 1.77. The quantitative estimate of drug-likeness (QED) is 0.546. The van der Waals surface area contributed by atoms with Crippen molar-refractivity contribution in [2.24, 2.45) is 11.7 Å². The van der Waals surface area contributed by atoms with Crippen molar-refractivity contribution in [3.63, 3.8) is 0 Å². The number of nitrogens with zero attached hydrogens (tertiary/aromatic N) is 4. The van der Waals surface area contributed by atoms with E-state index in [1.54, 1.807) is 18.3 Å². The minimum atomic E-state index is -3.50. The molecule has 0 saturated carbocycles. The van der Waals surface area contributed by atoms with E-state index in [-0.39, 0.29) is 18.7 Å². The highest BCUT2D eigenvalue weighted by molar-refractivity contribution is 7.88. The first-order valence-electron chi connectivity index (χ1n) is 9.38. The molecule has 0 aromatic carbocycles. The number of fused-ring (bicyclic) bond motifs is 1. The average molecular weight is 450 g/mol. The van der Waals surface area contributed by atoms with E-state index in [0.29, 0.717) is 22.3 Å². The number of rotatable bonds is 6. The fraction of sp³-hybridized carbons (Fsp3) is 0.316. The molecule has 3 N–H and O–H groups in total. The molecule has 1 fully saturated rings. The van der Waals surface area contributed by atoms with Crippen molar-refractivity contribution in [3.8, 4) is 11.1 Å². The highest BCUT2D eigenvalue weighted by Crippen LogP contribution is 2.31. The second-order valence-electron chi connectivity index (χ2n) is 7.47. The van der Waals surface area contributed by atoms with E-state index in [1.165, 1.54) is 27.3 Å². The highest BCUT2D eigenvalue weighted by Gasteiger charge is 2.37. The number of sulfonamides is 1. The lowest BCUT2D eigenvalue weighted by Gasteiger charge is -2.21. The monoisotopic (exact) mass is 450 g/mol. The summed E-state index contributed by atoms with van der Waals surface area (Å²) in [7, 11) is -3.50. The van der Waals surface area contributed by atoms with Crippen LogP contribution in [0.1, 0.15) is 10.4 Å². The summed E-state index contributed by atoms with van der Waals surface area (Å²) in [6.07, 6.45) is 5.40. The van der Waals surface area contributed by atoms with Crippen molar-refractivity contribution in [1.29, 1.82) is 0 Å². The van der Waals surface area contributed by atoms with E-state index in [1.807, 2.05) is 0 Å². The van der Waals surface area contributed by atoms with Crippen molar-refractivity contribution in [2.45, 2.75) is 6.04 Å². The van der Waals surface area contributed by atoms with Crippen molar-refractivity contribution in [2.75, 3.05) is 31.3 Å². The van der Waals surface area contributed by atoms with Crippen LogP contribution >= 0.6 is 0 Å². The Bertz CT molecular complexity index is 1250. The number of carbonyl (C=O) groups is 1. The van der Waals surface area contributed by atoms with Gasteiger partial charge in [-0.1, -0.05) is 0 Å². The molecule has 31 heavy (non-hydrogen) atoms. The summed E-state index contributed by atoms with van der Waals surface area (Å²) in [6.45, 7) is -0.645. The van der Waals surface area contributed by atoms with Crippen LogP contribution in [0, 0.1) is 11.9 Å². The summed E-state index contributed by atoms with van der Waals surface area (Å²) >= 11 is 0. The van der Waals surface area contributed by atoms with Crippen molar-refractivity contribution >= 4 is 27.1 Å². The number of anilines is 1. The van der Waals surface area contributed by atoms with E-state index < -0.39 is 40.5 Å². The third kappa shape index (κ3) is 4.08. The zero-order chi connectivity index (χ0) is 22.3. The van der Waals surface area contributed by atoms with Gasteiger partial charge in [0.25, 0.3) is 5.91 Å². The van der Waals surface area contributed by atoms with Gasteiger partial charge in [-0.2, -0.15) is 13.8 Å². The number of primary amides is 1. The maximum absolute atomic E-state index is 13.6. The normalized spacial score (nSPS) is 19.7. The number of halogens is 2. The van der Waals surface area contributed by atoms with Gasteiger partial charge in [-0.25, -0.2) is 17.9 Å². The number of alkyl halides is 1. The lowest BCUT2D eigenvalue weighted by atomic mass is 10.0. The van der Waals surface area contributed by atoms with Gasteiger partial charge in [-0.05, 0) is 18.2 Å². The van der Waals surface area contributed by atoms with Crippen LogP contribution in [0.4, 0.5) is 14.5 Å². The molecule has 1 aliphatic heterocycles. The molecule has 1 saturated heterocycles. The molecular weight excluding hydrogens is 430 g/mol. The Kier molecular flexibility index (Phi) is 5.35. The SMILES string of the molecule is CS(=O)(=O)N1C[C@H](CF)[C@H](Nc2c(C(N)=O)cnn3cc(-c4ccc(F)nc4)cc23)C1. The molecule has 12 heteroatoms. The van der Waals surface area contributed by atoms with Crippen LogP contribution in [0.25, 0.3) is 16.6 Å². The number of amides is 1. The van der Waals surface area contributed by atoms with Gasteiger partial charge < -0.3 is 11.1 Å². The first-order chi connectivity index (χ1) is 14.7. The second-order valence-corrected chi connectivity index (χ2v) is 9.45. The van der Waals surface area contributed by atoms with Gasteiger partial charge in [0.1, 0.15) is 0 Å². The summed E-state index contributed by atoms with van der Waals surface area (Å²) in [6, 6.07) is 3.92. The van der Waals surface area contributed by atoms with Gasteiger partial charge in [0.05, 0.1) is 35.9 Å². The molecule has 164 valence electrons. The van der Waals surface area contributed by atoms with Gasteiger partial charge in [0.15, 0.2) is 0 Å². The van der Waals surface area contributed by atoms with Crippen molar-refractivity contribution in [1.82, 2.24) is 18.9 Å². The Morgan fingerprint density at radius 2 is 2.06 bits per heavy atom. The Morgan fingerprint density at radius 1 is 1.29 bits per heavy atom. The van der Waals surface area contributed by atoms with Crippen LogP contribution in [-0.4, -0.2) is 65.3 Å². The van der Waals surface area contributed by atoms with E-state index in [4.69, 9.17) is 5.73 Å². The van der Waals surface area contributed by atoms with E-state index in [9.17, 15) is 22.0 Å². The fourth-order valence-electron chi connectivity index (χ4n) is 3.71. The average Bonchev–Trinajstić information content (AvgIpc) is 3.32. The van der Waals surface area contributed by atoms with Crippen LogP contribution in [-0.2, 0) is 10.0 Å². The fourth-order valence-corrected chi connectivity index (χ4v) is 4.60. The Labute approximate surface area is 176 Å². The number of nitrogens with one attached hydrogen (secondary N) is 1. The molecule has 2 atom stereocenters. The summed E-state index contributed by atoms with van der Waals surface area (Å²) in [5, 5.41) is 7.32. The van der Waals surface area contributed by atoms with Crippen LogP contribution < -0.4 is 11.1 Å². The summed E-state index contributed by atoms with van der Waals surface area (Å²) in [5.74, 6) is -1.95. The zero-order valence-corrected chi connectivity index (χ0v) is 17.3. The van der Waals surface area contributed by atoms with Gasteiger partial charge >= 0.3 is 0 Å². The van der Waals surface area contributed by atoms with Gasteiger partial charge in [0, 0.05) is 48.6 Å². The van der Waals surface area contributed by atoms with Crippen LogP contribution in [0.5, 0.6) is 0 Å². The molecule has 3 aromatic rings. The predicted octanol–water partition coefficient (Wildman–Crippen LogP) is 1.28. The lowest BCUT2D eigenvalue weighted by Crippen LogP contribution is -2.32. The Hall–Kier alpha value is -3.12.